The molecule has 0 bridgehead atoms. The average molecular weight is 390 g/mol. The topological polar surface area (TPSA) is 113 Å². The predicted octanol–water partition coefficient (Wildman–Crippen LogP) is 0.720. The van der Waals surface area contributed by atoms with Crippen molar-refractivity contribution in [3.63, 3.8) is 0 Å². The van der Waals surface area contributed by atoms with Crippen LogP contribution in [0.1, 0.15) is 30.9 Å². The van der Waals surface area contributed by atoms with Gasteiger partial charge < -0.3 is 24.9 Å². The zero-order chi connectivity index (χ0) is 19.8. The maximum absolute atomic E-state index is 11.0. The number of sulfone groups is 1. The Kier molecular flexibility index (Phi) is 8.58. The molecule has 9 heteroatoms. The first kappa shape index (κ1) is 22.5. The quantitative estimate of drug-likeness (QED) is 0.307. The first-order chi connectivity index (χ1) is 12.0. The van der Waals surface area contributed by atoms with Gasteiger partial charge in [-0.2, -0.15) is 0 Å². The summed E-state index contributed by atoms with van der Waals surface area (Å²) in [7, 11) is -3.01. The number of hydrogen-bond acceptors (Lipinski definition) is 6. The number of nitrogens with zero attached hydrogens (tertiary/aromatic N) is 1. The van der Waals surface area contributed by atoms with Crippen molar-refractivity contribution in [1.29, 1.82) is 0 Å². The first-order valence-corrected chi connectivity index (χ1v) is 10.7. The van der Waals surface area contributed by atoms with Crippen LogP contribution in [0.15, 0.2) is 15.5 Å². The molecule has 3 N–H and O–H groups in total. The molecule has 1 atom stereocenters. The van der Waals surface area contributed by atoms with Crippen LogP contribution in [-0.4, -0.2) is 64.3 Å². The van der Waals surface area contributed by atoms with Crippen LogP contribution in [0.25, 0.3) is 0 Å². The lowest BCUT2D eigenvalue weighted by Crippen LogP contribution is -2.40. The third-order valence-electron chi connectivity index (χ3n) is 3.65. The molecule has 1 heterocycles. The maximum atomic E-state index is 11.0. The first-order valence-electron chi connectivity index (χ1n) is 8.62. The van der Waals surface area contributed by atoms with E-state index < -0.39 is 15.4 Å². The van der Waals surface area contributed by atoms with Crippen molar-refractivity contribution in [1.82, 2.24) is 10.6 Å². The third-order valence-corrected chi connectivity index (χ3v) is 4.56. The second kappa shape index (κ2) is 9.94. The lowest BCUT2D eigenvalue weighted by Gasteiger charge is -2.21. The van der Waals surface area contributed by atoms with E-state index in [1.165, 1.54) is 6.26 Å². The smallest absolute Gasteiger partial charge is 0.191 e. The standard InChI is InChI=1S/C17H31N3O5S/c1-6-18-16(19-7-8-24-9-10-26(5,22)23)20-12-17(4,21)15-11-13(2)25-14(15)3/h11,21H,6-10,12H2,1-5H3,(H2,18,19,20). The molecule has 1 aromatic heterocycles. The van der Waals surface area contributed by atoms with E-state index in [9.17, 15) is 13.5 Å². The van der Waals surface area contributed by atoms with Gasteiger partial charge in [0.05, 0.1) is 25.5 Å². The minimum Gasteiger partial charge on any atom is -0.466 e. The molecule has 1 unspecified atom stereocenters. The van der Waals surface area contributed by atoms with E-state index in [4.69, 9.17) is 9.15 Å². The summed E-state index contributed by atoms with van der Waals surface area (Å²) in [6, 6.07) is 1.82. The van der Waals surface area contributed by atoms with E-state index in [1.807, 2.05) is 26.8 Å². The Bertz CT molecular complexity index is 695. The summed E-state index contributed by atoms with van der Waals surface area (Å²) in [5.41, 5.74) is -0.422. The van der Waals surface area contributed by atoms with Crippen molar-refractivity contribution < 1.29 is 22.7 Å². The lowest BCUT2D eigenvalue weighted by molar-refractivity contribution is 0.0656. The molecular formula is C17H31N3O5S. The summed E-state index contributed by atoms with van der Waals surface area (Å²) in [6.07, 6.45) is 1.18. The van der Waals surface area contributed by atoms with Crippen LogP contribution < -0.4 is 10.6 Å². The van der Waals surface area contributed by atoms with Gasteiger partial charge in [-0.3, -0.25) is 0 Å². The maximum Gasteiger partial charge on any atom is 0.191 e. The Hall–Kier alpha value is -1.58. The zero-order valence-electron chi connectivity index (χ0n) is 16.3. The molecule has 0 aliphatic rings. The summed E-state index contributed by atoms with van der Waals surface area (Å²) >= 11 is 0. The number of guanidine groups is 1. The van der Waals surface area contributed by atoms with Crippen LogP contribution in [0, 0.1) is 13.8 Å². The Balaban J connectivity index is 2.53. The molecule has 0 aliphatic carbocycles. The number of aryl methyl sites for hydroxylation is 2. The highest BCUT2D eigenvalue weighted by molar-refractivity contribution is 7.90. The largest absolute Gasteiger partial charge is 0.466 e. The van der Waals surface area contributed by atoms with Gasteiger partial charge in [-0.25, -0.2) is 13.4 Å². The highest BCUT2D eigenvalue weighted by Gasteiger charge is 2.27. The number of aliphatic hydroxyl groups is 1. The summed E-state index contributed by atoms with van der Waals surface area (Å²) in [4.78, 5) is 4.42. The highest BCUT2D eigenvalue weighted by atomic mass is 32.2. The van der Waals surface area contributed by atoms with E-state index in [-0.39, 0.29) is 18.9 Å². The van der Waals surface area contributed by atoms with Crippen molar-refractivity contribution in [2.45, 2.75) is 33.3 Å². The van der Waals surface area contributed by atoms with Crippen molar-refractivity contribution in [2.75, 3.05) is 44.9 Å². The average Bonchev–Trinajstić information content (AvgIpc) is 2.86. The zero-order valence-corrected chi connectivity index (χ0v) is 17.1. The van der Waals surface area contributed by atoms with Gasteiger partial charge >= 0.3 is 0 Å². The number of ether oxygens (including phenoxy) is 1. The molecule has 8 nitrogen and oxygen atoms in total. The molecule has 0 saturated heterocycles. The number of hydrogen-bond donors (Lipinski definition) is 3. The molecule has 150 valence electrons. The fourth-order valence-corrected chi connectivity index (χ4v) is 2.80. The third kappa shape index (κ3) is 8.20. The van der Waals surface area contributed by atoms with Crippen LogP contribution in [-0.2, 0) is 20.2 Å². The Morgan fingerprint density at radius 3 is 2.58 bits per heavy atom. The minimum absolute atomic E-state index is 0.00743. The summed E-state index contributed by atoms with van der Waals surface area (Å²) < 4.78 is 32.8. The van der Waals surface area contributed by atoms with Gasteiger partial charge in [-0.05, 0) is 33.8 Å². The number of furan rings is 1. The van der Waals surface area contributed by atoms with Crippen molar-refractivity contribution in [3.8, 4) is 0 Å². The summed E-state index contributed by atoms with van der Waals surface area (Å²) in [6.45, 7) is 9.14. The summed E-state index contributed by atoms with van der Waals surface area (Å²) in [5.74, 6) is 1.99. The fraction of sp³-hybridized carbons (Fsp3) is 0.706. The molecule has 0 radical (unpaired) electrons. The van der Waals surface area contributed by atoms with Crippen molar-refractivity contribution in [2.24, 2.45) is 4.99 Å². The number of nitrogens with one attached hydrogen (secondary N) is 2. The molecule has 0 saturated carbocycles. The van der Waals surface area contributed by atoms with Crippen LogP contribution in [0.5, 0.6) is 0 Å². The molecule has 0 aliphatic heterocycles. The molecule has 1 rings (SSSR count). The monoisotopic (exact) mass is 389 g/mol. The second-order valence-electron chi connectivity index (χ2n) is 6.46. The number of aliphatic imine (C=N–C) groups is 1. The van der Waals surface area contributed by atoms with Gasteiger partial charge in [0.2, 0.25) is 0 Å². The van der Waals surface area contributed by atoms with Crippen molar-refractivity contribution in [3.05, 3.63) is 23.2 Å². The lowest BCUT2D eigenvalue weighted by atomic mass is 9.96. The van der Waals surface area contributed by atoms with Gasteiger partial charge in [0.25, 0.3) is 0 Å². The van der Waals surface area contributed by atoms with Gasteiger partial charge in [0.15, 0.2) is 5.96 Å². The Morgan fingerprint density at radius 2 is 2.04 bits per heavy atom. The molecule has 0 aromatic carbocycles. The van der Waals surface area contributed by atoms with Crippen LogP contribution in [0.4, 0.5) is 0 Å². The Morgan fingerprint density at radius 1 is 1.35 bits per heavy atom. The van der Waals surface area contributed by atoms with Crippen LogP contribution in [0.3, 0.4) is 0 Å². The van der Waals surface area contributed by atoms with E-state index in [0.717, 1.165) is 11.3 Å². The fourth-order valence-electron chi connectivity index (χ4n) is 2.38. The minimum atomic E-state index is -3.01. The molecule has 0 fully saturated rings. The molecule has 0 spiro atoms. The molecular weight excluding hydrogens is 358 g/mol. The van der Waals surface area contributed by atoms with E-state index in [0.29, 0.717) is 31.4 Å². The second-order valence-corrected chi connectivity index (χ2v) is 8.72. The summed E-state index contributed by atoms with van der Waals surface area (Å²) in [5, 5.41) is 16.9. The predicted molar refractivity (Wildman–Crippen MR) is 102 cm³/mol. The highest BCUT2D eigenvalue weighted by Crippen LogP contribution is 2.27. The van der Waals surface area contributed by atoms with Gasteiger partial charge in [0.1, 0.15) is 27.0 Å². The van der Waals surface area contributed by atoms with E-state index in [2.05, 4.69) is 15.6 Å². The van der Waals surface area contributed by atoms with E-state index in [1.54, 1.807) is 6.92 Å². The Labute approximate surface area is 155 Å². The van der Waals surface area contributed by atoms with Crippen molar-refractivity contribution >= 4 is 15.8 Å². The molecule has 1 aromatic rings. The van der Waals surface area contributed by atoms with Gasteiger partial charge in [-0.1, -0.05) is 0 Å². The van der Waals surface area contributed by atoms with E-state index >= 15 is 0 Å². The van der Waals surface area contributed by atoms with Gasteiger partial charge in [0, 0.05) is 24.9 Å². The number of rotatable bonds is 10. The SMILES string of the molecule is CCNC(=NCC(C)(O)c1cc(C)oc1C)NCCOCCS(C)(=O)=O. The van der Waals surface area contributed by atoms with Crippen LogP contribution in [0.2, 0.25) is 0 Å². The molecule has 0 amide bonds. The van der Waals surface area contributed by atoms with Crippen LogP contribution >= 0.6 is 0 Å². The van der Waals surface area contributed by atoms with Gasteiger partial charge in [-0.15, -0.1) is 0 Å². The normalized spacial score (nSPS) is 14.9. The molecule has 26 heavy (non-hydrogen) atoms.